The molecule has 2 nitrogen and oxygen atoms in total. The predicted molar refractivity (Wildman–Crippen MR) is 69.8 cm³/mol. The topological polar surface area (TPSA) is 29.1 Å². The zero-order valence-electron chi connectivity index (χ0n) is 8.16. The highest BCUT2D eigenvalue weighted by atomic mass is 79.9. The summed E-state index contributed by atoms with van der Waals surface area (Å²) in [7, 11) is 0. The summed E-state index contributed by atoms with van der Waals surface area (Å²) in [6.07, 6.45) is 1.23. The van der Waals surface area contributed by atoms with Gasteiger partial charge < -0.3 is 5.32 Å². The van der Waals surface area contributed by atoms with Gasteiger partial charge in [0, 0.05) is 11.9 Å². The Labute approximate surface area is 106 Å². The number of nitrogens with one attached hydrogen (secondary N) is 1. The van der Waals surface area contributed by atoms with Crippen LogP contribution in [0.15, 0.2) is 15.2 Å². The monoisotopic (exact) mass is 305 g/mol. The van der Waals surface area contributed by atoms with Gasteiger partial charge in [-0.2, -0.15) is 11.8 Å². The molecule has 2 heterocycles. The smallest absolute Gasteiger partial charge is 0.252 e. The van der Waals surface area contributed by atoms with Crippen molar-refractivity contribution in [2.24, 2.45) is 5.92 Å². The average molecular weight is 306 g/mol. The second kappa shape index (κ2) is 5.37. The molecule has 0 aliphatic carbocycles. The van der Waals surface area contributed by atoms with Gasteiger partial charge in [-0.05, 0) is 45.8 Å². The molecule has 1 aliphatic heterocycles. The van der Waals surface area contributed by atoms with Gasteiger partial charge in [0.15, 0.2) is 0 Å². The fourth-order valence-corrected chi connectivity index (χ4v) is 3.93. The van der Waals surface area contributed by atoms with Crippen molar-refractivity contribution in [3.63, 3.8) is 0 Å². The van der Waals surface area contributed by atoms with E-state index in [-0.39, 0.29) is 5.91 Å². The molecule has 1 aromatic heterocycles. The number of thioether (sulfide) groups is 1. The molecule has 0 radical (unpaired) electrons. The van der Waals surface area contributed by atoms with Crippen LogP contribution in [0.2, 0.25) is 0 Å². The Hall–Kier alpha value is -0.000000000000000111. The number of halogens is 1. The number of thiophene rings is 1. The molecule has 0 aromatic carbocycles. The number of amides is 1. The highest BCUT2D eigenvalue weighted by molar-refractivity contribution is 9.11. The summed E-state index contributed by atoms with van der Waals surface area (Å²) >= 11 is 6.87. The molecule has 1 amide bonds. The van der Waals surface area contributed by atoms with Crippen LogP contribution >= 0.6 is 39.0 Å². The van der Waals surface area contributed by atoms with Crippen molar-refractivity contribution >= 4 is 44.9 Å². The van der Waals surface area contributed by atoms with Crippen LogP contribution in [0.4, 0.5) is 0 Å². The van der Waals surface area contributed by atoms with E-state index in [4.69, 9.17) is 0 Å². The van der Waals surface area contributed by atoms with Gasteiger partial charge in [-0.3, -0.25) is 4.79 Å². The minimum Gasteiger partial charge on any atom is -0.352 e. The van der Waals surface area contributed by atoms with Gasteiger partial charge in [0.05, 0.1) is 9.35 Å². The second-order valence-corrected chi connectivity index (χ2v) is 7.02. The zero-order chi connectivity index (χ0) is 10.7. The van der Waals surface area contributed by atoms with E-state index in [2.05, 4.69) is 21.2 Å². The molecule has 1 N–H and O–H groups in total. The Morgan fingerprint density at radius 3 is 3.13 bits per heavy atom. The molecule has 1 aliphatic rings. The lowest BCUT2D eigenvalue weighted by Gasteiger charge is -2.08. The molecule has 0 spiro atoms. The summed E-state index contributed by atoms with van der Waals surface area (Å²) < 4.78 is 1.00. The average Bonchev–Trinajstić information content (AvgIpc) is 2.84. The molecule has 1 fully saturated rings. The van der Waals surface area contributed by atoms with E-state index in [1.165, 1.54) is 17.9 Å². The molecular formula is C10H12BrNOS2. The Balaban J connectivity index is 1.81. The highest BCUT2D eigenvalue weighted by Crippen LogP contribution is 2.23. The standard InChI is InChI=1S/C10H12BrNOS2/c11-9-3-8(6-15-9)10(13)12-4-7-1-2-14-5-7/h3,6-7H,1-2,4-5H2,(H,12,13). The molecule has 82 valence electrons. The molecule has 5 heteroatoms. The number of rotatable bonds is 3. The lowest BCUT2D eigenvalue weighted by Crippen LogP contribution is -2.28. The maximum atomic E-state index is 11.7. The number of hydrogen-bond donors (Lipinski definition) is 1. The number of hydrogen-bond acceptors (Lipinski definition) is 3. The summed E-state index contributed by atoms with van der Waals surface area (Å²) in [5.41, 5.74) is 0.762. The fourth-order valence-electron chi connectivity index (χ4n) is 1.51. The van der Waals surface area contributed by atoms with Gasteiger partial charge in [0.1, 0.15) is 0 Å². The highest BCUT2D eigenvalue weighted by Gasteiger charge is 2.16. The Morgan fingerprint density at radius 1 is 1.67 bits per heavy atom. The van der Waals surface area contributed by atoms with Crippen LogP contribution in [0, 0.1) is 5.92 Å². The van der Waals surface area contributed by atoms with Crippen molar-refractivity contribution in [2.75, 3.05) is 18.1 Å². The first-order valence-electron chi connectivity index (χ1n) is 4.85. The molecule has 2 rings (SSSR count). The van der Waals surface area contributed by atoms with E-state index < -0.39 is 0 Å². The first-order valence-corrected chi connectivity index (χ1v) is 7.68. The quantitative estimate of drug-likeness (QED) is 0.930. The maximum absolute atomic E-state index is 11.7. The van der Waals surface area contributed by atoms with Gasteiger partial charge in [0.25, 0.3) is 5.91 Å². The van der Waals surface area contributed by atoms with Crippen LogP contribution < -0.4 is 5.32 Å². The molecule has 1 atom stereocenters. The normalized spacial score (nSPS) is 20.5. The predicted octanol–water partition coefficient (Wildman–Crippen LogP) is 2.99. The number of carbonyl (C=O) groups excluding carboxylic acids is 1. The molecule has 0 saturated carbocycles. The largest absolute Gasteiger partial charge is 0.352 e. The van der Waals surface area contributed by atoms with E-state index in [0.29, 0.717) is 5.92 Å². The Kier molecular flexibility index (Phi) is 4.11. The van der Waals surface area contributed by atoms with Crippen LogP contribution in [0.25, 0.3) is 0 Å². The van der Waals surface area contributed by atoms with Crippen molar-refractivity contribution in [3.8, 4) is 0 Å². The molecule has 1 saturated heterocycles. The van der Waals surface area contributed by atoms with Crippen molar-refractivity contribution < 1.29 is 4.79 Å². The zero-order valence-corrected chi connectivity index (χ0v) is 11.4. The lowest BCUT2D eigenvalue weighted by atomic mass is 10.1. The van der Waals surface area contributed by atoms with E-state index in [0.717, 1.165) is 15.9 Å². The van der Waals surface area contributed by atoms with Gasteiger partial charge in [-0.15, -0.1) is 11.3 Å². The van der Waals surface area contributed by atoms with Gasteiger partial charge in [0.2, 0.25) is 0 Å². The minimum absolute atomic E-state index is 0.0499. The summed E-state index contributed by atoms with van der Waals surface area (Å²) in [5.74, 6) is 3.15. The van der Waals surface area contributed by atoms with Crippen molar-refractivity contribution in [1.29, 1.82) is 0 Å². The third-order valence-corrected chi connectivity index (χ3v) is 5.14. The van der Waals surface area contributed by atoms with Crippen LogP contribution in [-0.2, 0) is 0 Å². The summed E-state index contributed by atoms with van der Waals surface area (Å²) in [6.45, 7) is 0.819. The molecule has 1 unspecified atom stereocenters. The van der Waals surface area contributed by atoms with Gasteiger partial charge in [-0.25, -0.2) is 0 Å². The van der Waals surface area contributed by atoms with Gasteiger partial charge >= 0.3 is 0 Å². The van der Waals surface area contributed by atoms with Crippen LogP contribution in [0.5, 0.6) is 0 Å². The van der Waals surface area contributed by atoms with Gasteiger partial charge in [-0.1, -0.05) is 0 Å². The fraction of sp³-hybridized carbons (Fsp3) is 0.500. The molecular weight excluding hydrogens is 294 g/mol. The van der Waals surface area contributed by atoms with Crippen molar-refractivity contribution in [3.05, 3.63) is 20.8 Å². The molecule has 15 heavy (non-hydrogen) atoms. The first kappa shape index (κ1) is 11.5. The lowest BCUT2D eigenvalue weighted by molar-refractivity contribution is 0.0949. The second-order valence-electron chi connectivity index (χ2n) is 3.58. The Morgan fingerprint density at radius 2 is 2.53 bits per heavy atom. The third-order valence-electron chi connectivity index (χ3n) is 2.40. The molecule has 1 aromatic rings. The van der Waals surface area contributed by atoms with E-state index in [1.807, 2.05) is 23.2 Å². The number of carbonyl (C=O) groups is 1. The first-order chi connectivity index (χ1) is 7.25. The SMILES string of the molecule is O=C(NCC1CCSC1)c1csc(Br)c1. The summed E-state index contributed by atoms with van der Waals surface area (Å²) in [6, 6.07) is 1.86. The van der Waals surface area contributed by atoms with Crippen LogP contribution in [-0.4, -0.2) is 24.0 Å². The van der Waals surface area contributed by atoms with Crippen molar-refractivity contribution in [1.82, 2.24) is 5.32 Å². The van der Waals surface area contributed by atoms with E-state index >= 15 is 0 Å². The summed E-state index contributed by atoms with van der Waals surface area (Å²) in [5, 5.41) is 4.87. The van der Waals surface area contributed by atoms with E-state index in [1.54, 1.807) is 11.3 Å². The Bertz CT molecular complexity index is 347. The third kappa shape index (κ3) is 3.23. The van der Waals surface area contributed by atoms with Crippen LogP contribution in [0.1, 0.15) is 16.8 Å². The van der Waals surface area contributed by atoms with Crippen LogP contribution in [0.3, 0.4) is 0 Å². The maximum Gasteiger partial charge on any atom is 0.252 e. The minimum atomic E-state index is 0.0499. The van der Waals surface area contributed by atoms with E-state index in [9.17, 15) is 4.79 Å². The summed E-state index contributed by atoms with van der Waals surface area (Å²) in [4.78, 5) is 11.7. The molecule has 0 bridgehead atoms. The van der Waals surface area contributed by atoms with Crippen molar-refractivity contribution in [2.45, 2.75) is 6.42 Å².